The van der Waals surface area contributed by atoms with Crippen LogP contribution in [0, 0.1) is 0 Å². The van der Waals surface area contributed by atoms with Gasteiger partial charge in [0.05, 0.1) is 0 Å². The molecule has 0 aliphatic heterocycles. The molecule has 2 nitrogen and oxygen atoms in total. The molecule has 25 heavy (non-hydrogen) atoms. The summed E-state index contributed by atoms with van der Waals surface area (Å²) in [4.78, 5) is 0. The SMILES string of the molecule is Br.CCCCCCCCCCCCCCCC[n+]1ccccc1.N.[Br-]. The summed E-state index contributed by atoms with van der Waals surface area (Å²) in [6.07, 6.45) is 24.4. The van der Waals surface area contributed by atoms with Crippen molar-refractivity contribution in [3.05, 3.63) is 30.6 Å². The van der Waals surface area contributed by atoms with Crippen LogP contribution in [0.4, 0.5) is 0 Å². The minimum absolute atomic E-state index is 0. The van der Waals surface area contributed by atoms with Gasteiger partial charge in [0.25, 0.3) is 0 Å². The highest BCUT2D eigenvalue weighted by Crippen LogP contribution is 2.12. The van der Waals surface area contributed by atoms with Crippen molar-refractivity contribution in [1.29, 1.82) is 0 Å². The summed E-state index contributed by atoms with van der Waals surface area (Å²) < 4.78 is 2.29. The van der Waals surface area contributed by atoms with Crippen molar-refractivity contribution in [2.75, 3.05) is 0 Å². The Bertz CT molecular complexity index is 334. The van der Waals surface area contributed by atoms with Crippen LogP contribution in [0.25, 0.3) is 0 Å². The lowest BCUT2D eigenvalue weighted by Gasteiger charge is -2.02. The monoisotopic (exact) mass is 480 g/mol. The molecule has 0 saturated heterocycles. The van der Waals surface area contributed by atoms with Crippen LogP contribution in [0.2, 0.25) is 0 Å². The van der Waals surface area contributed by atoms with Crippen LogP contribution >= 0.6 is 17.0 Å². The van der Waals surface area contributed by atoms with E-state index in [0.29, 0.717) is 0 Å². The average molecular weight is 482 g/mol. The van der Waals surface area contributed by atoms with Crippen molar-refractivity contribution < 1.29 is 21.5 Å². The molecule has 0 fully saturated rings. The molecule has 0 unspecified atom stereocenters. The average Bonchev–Trinajstić information content (AvgIpc) is 2.56. The molecular formula is C21H42Br2N2. The van der Waals surface area contributed by atoms with E-state index in [-0.39, 0.29) is 40.1 Å². The van der Waals surface area contributed by atoms with Gasteiger partial charge in [-0.2, -0.15) is 0 Å². The van der Waals surface area contributed by atoms with Gasteiger partial charge >= 0.3 is 0 Å². The Morgan fingerprint density at radius 1 is 0.560 bits per heavy atom. The van der Waals surface area contributed by atoms with Crippen LogP contribution < -0.4 is 27.7 Å². The Morgan fingerprint density at radius 2 is 0.920 bits per heavy atom. The molecule has 0 bridgehead atoms. The van der Waals surface area contributed by atoms with Crippen LogP contribution in [0.5, 0.6) is 0 Å². The number of pyridine rings is 1. The van der Waals surface area contributed by atoms with Gasteiger partial charge in [-0.3, -0.25) is 0 Å². The Hall–Kier alpha value is 0.0700. The number of aryl methyl sites for hydroxylation is 1. The minimum atomic E-state index is 0. The summed E-state index contributed by atoms with van der Waals surface area (Å²) in [6.45, 7) is 3.47. The summed E-state index contributed by atoms with van der Waals surface area (Å²) in [5, 5.41) is 0. The van der Waals surface area contributed by atoms with Crippen LogP contribution in [-0.2, 0) is 6.54 Å². The summed E-state index contributed by atoms with van der Waals surface area (Å²) in [7, 11) is 0. The largest absolute Gasteiger partial charge is 1.00 e. The smallest absolute Gasteiger partial charge is 0.168 e. The molecule has 1 rings (SSSR count). The summed E-state index contributed by atoms with van der Waals surface area (Å²) in [6, 6.07) is 6.31. The number of hydrogen-bond donors (Lipinski definition) is 1. The first kappa shape index (κ1) is 29.8. The highest BCUT2D eigenvalue weighted by Gasteiger charge is 1.98. The van der Waals surface area contributed by atoms with Gasteiger partial charge < -0.3 is 23.1 Å². The lowest BCUT2D eigenvalue weighted by Crippen LogP contribution is -3.00. The van der Waals surface area contributed by atoms with E-state index in [0.717, 1.165) is 0 Å². The molecule has 150 valence electrons. The quantitative estimate of drug-likeness (QED) is 0.296. The first-order valence-corrected chi connectivity index (χ1v) is 9.87. The maximum Gasteiger partial charge on any atom is 0.168 e. The number of halogens is 2. The van der Waals surface area contributed by atoms with Crippen LogP contribution in [-0.4, -0.2) is 0 Å². The third-order valence-electron chi connectivity index (χ3n) is 4.55. The molecule has 0 spiro atoms. The highest BCUT2D eigenvalue weighted by molar-refractivity contribution is 8.93. The predicted molar refractivity (Wildman–Crippen MR) is 112 cm³/mol. The zero-order valence-electron chi connectivity index (χ0n) is 16.4. The summed E-state index contributed by atoms with van der Waals surface area (Å²) >= 11 is 0. The molecule has 0 saturated carbocycles. The fourth-order valence-electron chi connectivity index (χ4n) is 3.07. The van der Waals surface area contributed by atoms with E-state index < -0.39 is 0 Å². The molecule has 0 radical (unpaired) electrons. The highest BCUT2D eigenvalue weighted by atomic mass is 79.9. The van der Waals surface area contributed by atoms with Crippen molar-refractivity contribution in [1.82, 2.24) is 6.15 Å². The Kier molecular flexibility index (Phi) is 28.7. The van der Waals surface area contributed by atoms with Crippen molar-refractivity contribution in [3.63, 3.8) is 0 Å². The first-order chi connectivity index (χ1) is 10.9. The zero-order chi connectivity index (χ0) is 15.7. The molecule has 1 aromatic rings. The lowest BCUT2D eigenvalue weighted by atomic mass is 10.0. The second-order valence-electron chi connectivity index (χ2n) is 6.71. The van der Waals surface area contributed by atoms with E-state index in [4.69, 9.17) is 0 Å². The lowest BCUT2D eigenvalue weighted by molar-refractivity contribution is -0.697. The number of nitrogens with zero attached hydrogens (tertiary/aromatic N) is 1. The topological polar surface area (TPSA) is 38.9 Å². The minimum Gasteiger partial charge on any atom is -1.00 e. The zero-order valence-corrected chi connectivity index (χ0v) is 19.7. The fourth-order valence-corrected chi connectivity index (χ4v) is 3.07. The van der Waals surface area contributed by atoms with E-state index in [9.17, 15) is 0 Å². The third kappa shape index (κ3) is 20.2. The predicted octanol–water partition coefficient (Wildman–Crippen LogP) is 4.20. The molecule has 0 aliphatic carbocycles. The van der Waals surface area contributed by atoms with E-state index in [1.807, 2.05) is 0 Å². The van der Waals surface area contributed by atoms with Crippen LogP contribution in [0.15, 0.2) is 30.6 Å². The number of aromatic nitrogens is 1. The van der Waals surface area contributed by atoms with E-state index in [1.54, 1.807) is 0 Å². The van der Waals surface area contributed by atoms with Crippen LogP contribution in [0.3, 0.4) is 0 Å². The number of hydrogen-bond acceptors (Lipinski definition) is 1. The normalized spacial score (nSPS) is 9.64. The van der Waals surface area contributed by atoms with Crippen molar-refractivity contribution >= 4 is 17.0 Å². The van der Waals surface area contributed by atoms with Gasteiger partial charge in [-0.05, 0) is 6.42 Å². The maximum atomic E-state index is 2.29. The second kappa shape index (κ2) is 24.1. The Balaban J connectivity index is -0.00000161. The molecule has 0 atom stereocenters. The van der Waals surface area contributed by atoms with Gasteiger partial charge in [0.15, 0.2) is 12.4 Å². The van der Waals surface area contributed by atoms with Crippen molar-refractivity contribution in [2.45, 2.75) is 103 Å². The van der Waals surface area contributed by atoms with Crippen molar-refractivity contribution in [2.24, 2.45) is 0 Å². The maximum absolute atomic E-state index is 2.29. The summed E-state index contributed by atoms with van der Waals surface area (Å²) in [5.74, 6) is 0. The third-order valence-corrected chi connectivity index (χ3v) is 4.55. The van der Waals surface area contributed by atoms with Gasteiger partial charge in [-0.15, -0.1) is 17.0 Å². The van der Waals surface area contributed by atoms with E-state index >= 15 is 0 Å². The first-order valence-electron chi connectivity index (χ1n) is 9.87. The standard InChI is InChI=1S/C21H38N.2BrH.H3N/c1-2-3-4-5-6-7-8-9-10-11-12-13-14-16-19-22-20-17-15-18-21-22;;;/h15,17-18,20-21H,2-14,16,19H2,1H3;2*1H;1H3/q+1;;;/p-1. The summed E-state index contributed by atoms with van der Waals surface area (Å²) in [5.41, 5.74) is 0. The molecule has 1 heterocycles. The van der Waals surface area contributed by atoms with Gasteiger partial charge in [0.2, 0.25) is 0 Å². The van der Waals surface area contributed by atoms with Gasteiger partial charge in [0.1, 0.15) is 6.54 Å². The molecule has 4 heteroatoms. The second-order valence-corrected chi connectivity index (χ2v) is 6.71. The van der Waals surface area contributed by atoms with Gasteiger partial charge in [-0.1, -0.05) is 90.0 Å². The number of unbranched alkanes of at least 4 members (excludes halogenated alkanes) is 13. The number of rotatable bonds is 15. The van der Waals surface area contributed by atoms with Gasteiger partial charge in [-0.25, -0.2) is 4.57 Å². The molecule has 3 N–H and O–H groups in total. The molecule has 0 aromatic carbocycles. The van der Waals surface area contributed by atoms with Crippen LogP contribution in [0.1, 0.15) is 96.8 Å². The van der Waals surface area contributed by atoms with Crippen molar-refractivity contribution in [3.8, 4) is 0 Å². The Labute approximate surface area is 178 Å². The molecular weight excluding hydrogens is 440 g/mol. The van der Waals surface area contributed by atoms with E-state index in [1.165, 1.54) is 96.4 Å². The fraction of sp³-hybridized carbons (Fsp3) is 0.762. The van der Waals surface area contributed by atoms with Gasteiger partial charge in [0, 0.05) is 18.6 Å². The molecule has 0 amide bonds. The van der Waals surface area contributed by atoms with E-state index in [2.05, 4.69) is 42.1 Å². The Morgan fingerprint density at radius 3 is 1.32 bits per heavy atom. The molecule has 1 aromatic heterocycles. The molecule has 0 aliphatic rings.